The van der Waals surface area contributed by atoms with Crippen molar-refractivity contribution in [2.24, 2.45) is 0 Å². The molecule has 0 aliphatic carbocycles. The number of benzene rings is 1. The molecule has 0 saturated carbocycles. The van der Waals surface area contributed by atoms with Gasteiger partial charge in [-0.25, -0.2) is 4.98 Å². The first-order valence-corrected chi connectivity index (χ1v) is 8.70. The molecule has 2 aliphatic rings. The predicted octanol–water partition coefficient (Wildman–Crippen LogP) is 1.36. The van der Waals surface area contributed by atoms with Crippen molar-refractivity contribution < 1.29 is 19.0 Å². The van der Waals surface area contributed by atoms with E-state index >= 15 is 0 Å². The van der Waals surface area contributed by atoms with Gasteiger partial charge < -0.3 is 29.3 Å². The topological polar surface area (TPSA) is 89.1 Å². The minimum atomic E-state index is -0.265. The number of carbonyl (C=O) groups excluding carboxylic acids is 1. The van der Waals surface area contributed by atoms with Gasteiger partial charge in [0.2, 0.25) is 12.7 Å². The van der Waals surface area contributed by atoms with Crippen LogP contribution in [0.4, 0.5) is 17.5 Å². The van der Waals surface area contributed by atoms with Gasteiger partial charge in [0, 0.05) is 32.7 Å². The van der Waals surface area contributed by atoms with Gasteiger partial charge in [-0.05, 0) is 18.2 Å². The van der Waals surface area contributed by atoms with E-state index in [-0.39, 0.29) is 12.7 Å². The maximum atomic E-state index is 12.7. The largest absolute Gasteiger partial charge is 0.454 e. The molecule has 1 aromatic carbocycles. The van der Waals surface area contributed by atoms with E-state index in [9.17, 15) is 4.79 Å². The Hall–Kier alpha value is -3.07. The van der Waals surface area contributed by atoms with Crippen molar-refractivity contribution in [2.75, 3.05) is 62.3 Å². The molecule has 0 unspecified atom stereocenters. The van der Waals surface area contributed by atoms with Gasteiger partial charge in [-0.2, -0.15) is 4.98 Å². The summed E-state index contributed by atoms with van der Waals surface area (Å²) in [6.45, 7) is 2.97. The minimum Gasteiger partial charge on any atom is -0.454 e. The molecular formula is C18H21N5O4. The first kappa shape index (κ1) is 17.3. The number of anilines is 3. The highest BCUT2D eigenvalue weighted by Gasteiger charge is 2.20. The zero-order valence-electron chi connectivity index (χ0n) is 15.3. The summed E-state index contributed by atoms with van der Waals surface area (Å²) in [5.41, 5.74) is 1.01. The SMILES string of the molecule is CN(C)c1nc(N2CCOCC2)ncc1NC(=O)c1ccc2c(c1)OCO2. The van der Waals surface area contributed by atoms with Crippen molar-refractivity contribution in [3.63, 3.8) is 0 Å². The van der Waals surface area contributed by atoms with E-state index in [2.05, 4.69) is 20.2 Å². The fourth-order valence-corrected chi connectivity index (χ4v) is 2.94. The molecule has 2 aromatic rings. The zero-order valence-corrected chi connectivity index (χ0v) is 15.3. The van der Waals surface area contributed by atoms with Crippen LogP contribution in [0.1, 0.15) is 10.4 Å². The second-order valence-electron chi connectivity index (χ2n) is 6.42. The fourth-order valence-electron chi connectivity index (χ4n) is 2.94. The molecular weight excluding hydrogens is 350 g/mol. The lowest BCUT2D eigenvalue weighted by atomic mass is 10.2. The van der Waals surface area contributed by atoms with Gasteiger partial charge in [-0.15, -0.1) is 0 Å². The number of nitrogens with one attached hydrogen (secondary N) is 1. The number of hydrogen-bond donors (Lipinski definition) is 1. The molecule has 3 heterocycles. The zero-order chi connectivity index (χ0) is 18.8. The molecule has 9 heteroatoms. The Kier molecular flexibility index (Phi) is 4.68. The lowest BCUT2D eigenvalue weighted by Crippen LogP contribution is -2.37. The van der Waals surface area contributed by atoms with Crippen LogP contribution in [0.25, 0.3) is 0 Å². The van der Waals surface area contributed by atoms with Crippen LogP contribution in [0.15, 0.2) is 24.4 Å². The average molecular weight is 371 g/mol. The van der Waals surface area contributed by atoms with E-state index in [0.717, 1.165) is 13.1 Å². The number of rotatable bonds is 4. The van der Waals surface area contributed by atoms with E-state index in [4.69, 9.17) is 14.2 Å². The predicted molar refractivity (Wildman–Crippen MR) is 99.9 cm³/mol. The summed E-state index contributed by atoms with van der Waals surface area (Å²) < 4.78 is 16.0. The van der Waals surface area contributed by atoms with Crippen LogP contribution in [0, 0.1) is 0 Å². The molecule has 1 saturated heterocycles. The van der Waals surface area contributed by atoms with Crippen molar-refractivity contribution in [3.8, 4) is 11.5 Å². The normalized spacial score (nSPS) is 15.6. The highest BCUT2D eigenvalue weighted by molar-refractivity contribution is 6.06. The third kappa shape index (κ3) is 3.59. The summed E-state index contributed by atoms with van der Waals surface area (Å²) in [5.74, 6) is 2.20. The highest BCUT2D eigenvalue weighted by Crippen LogP contribution is 2.33. The highest BCUT2D eigenvalue weighted by atomic mass is 16.7. The molecule has 0 bridgehead atoms. The van der Waals surface area contributed by atoms with E-state index < -0.39 is 0 Å². The van der Waals surface area contributed by atoms with Crippen molar-refractivity contribution in [2.45, 2.75) is 0 Å². The van der Waals surface area contributed by atoms with Crippen LogP contribution in [0.3, 0.4) is 0 Å². The maximum Gasteiger partial charge on any atom is 0.255 e. The van der Waals surface area contributed by atoms with Crippen LogP contribution in [-0.4, -0.2) is 63.1 Å². The molecule has 142 valence electrons. The maximum absolute atomic E-state index is 12.7. The lowest BCUT2D eigenvalue weighted by Gasteiger charge is -2.28. The first-order chi connectivity index (χ1) is 13.1. The smallest absolute Gasteiger partial charge is 0.255 e. The summed E-state index contributed by atoms with van der Waals surface area (Å²) in [5, 5.41) is 2.88. The summed E-state index contributed by atoms with van der Waals surface area (Å²) >= 11 is 0. The van der Waals surface area contributed by atoms with Gasteiger partial charge in [0.15, 0.2) is 17.3 Å². The molecule has 4 rings (SSSR count). The fraction of sp³-hybridized carbons (Fsp3) is 0.389. The Bertz CT molecular complexity index is 852. The minimum absolute atomic E-state index is 0.169. The quantitative estimate of drug-likeness (QED) is 0.862. The van der Waals surface area contributed by atoms with Gasteiger partial charge in [0.05, 0.1) is 19.4 Å². The third-order valence-electron chi connectivity index (χ3n) is 4.36. The number of amides is 1. The molecule has 1 amide bonds. The number of ether oxygens (including phenoxy) is 3. The number of aromatic nitrogens is 2. The molecule has 0 radical (unpaired) electrons. The molecule has 9 nitrogen and oxygen atoms in total. The summed E-state index contributed by atoms with van der Waals surface area (Å²) in [4.78, 5) is 25.6. The Morgan fingerprint density at radius 3 is 2.74 bits per heavy atom. The number of hydrogen-bond acceptors (Lipinski definition) is 8. The summed E-state index contributed by atoms with van der Waals surface area (Å²) in [7, 11) is 3.75. The molecule has 2 aliphatic heterocycles. The van der Waals surface area contributed by atoms with E-state index in [1.807, 2.05) is 19.0 Å². The molecule has 1 aromatic heterocycles. The Balaban J connectivity index is 1.56. The van der Waals surface area contributed by atoms with Gasteiger partial charge in [-0.1, -0.05) is 0 Å². The number of carbonyl (C=O) groups is 1. The van der Waals surface area contributed by atoms with E-state index in [0.29, 0.717) is 47.7 Å². The van der Waals surface area contributed by atoms with Crippen molar-refractivity contribution in [3.05, 3.63) is 30.0 Å². The van der Waals surface area contributed by atoms with Gasteiger partial charge in [0.1, 0.15) is 5.69 Å². The van der Waals surface area contributed by atoms with E-state index in [1.165, 1.54) is 0 Å². The van der Waals surface area contributed by atoms with Crippen LogP contribution < -0.4 is 24.6 Å². The lowest BCUT2D eigenvalue weighted by molar-refractivity contribution is 0.102. The van der Waals surface area contributed by atoms with Gasteiger partial charge in [0.25, 0.3) is 5.91 Å². The van der Waals surface area contributed by atoms with Crippen LogP contribution in [0.5, 0.6) is 11.5 Å². The Labute approximate surface area is 156 Å². The first-order valence-electron chi connectivity index (χ1n) is 8.70. The Morgan fingerprint density at radius 1 is 1.19 bits per heavy atom. The Morgan fingerprint density at radius 2 is 1.96 bits per heavy atom. The molecule has 0 atom stereocenters. The summed E-state index contributed by atoms with van der Waals surface area (Å²) in [6, 6.07) is 5.08. The number of morpholine rings is 1. The number of fused-ring (bicyclic) bond motifs is 1. The second kappa shape index (κ2) is 7.28. The van der Waals surface area contributed by atoms with Crippen LogP contribution >= 0.6 is 0 Å². The molecule has 1 fully saturated rings. The molecule has 0 spiro atoms. The van der Waals surface area contributed by atoms with Crippen molar-refractivity contribution >= 4 is 23.4 Å². The van der Waals surface area contributed by atoms with Gasteiger partial charge in [-0.3, -0.25) is 4.79 Å². The molecule has 27 heavy (non-hydrogen) atoms. The monoisotopic (exact) mass is 371 g/mol. The standard InChI is InChI=1S/C18H21N5O4/c1-22(2)16-13(10-19-18(21-16)23-5-7-25-8-6-23)20-17(24)12-3-4-14-15(9-12)27-11-26-14/h3-4,9-10H,5-8,11H2,1-2H3,(H,20,24). The van der Waals surface area contributed by atoms with Crippen LogP contribution in [-0.2, 0) is 4.74 Å². The molecule has 1 N–H and O–H groups in total. The van der Waals surface area contributed by atoms with Crippen molar-refractivity contribution in [1.82, 2.24) is 9.97 Å². The average Bonchev–Trinajstić information content (AvgIpc) is 3.16. The third-order valence-corrected chi connectivity index (χ3v) is 4.36. The van der Waals surface area contributed by atoms with Gasteiger partial charge >= 0.3 is 0 Å². The van der Waals surface area contributed by atoms with Crippen molar-refractivity contribution in [1.29, 1.82) is 0 Å². The van der Waals surface area contributed by atoms with E-state index in [1.54, 1.807) is 24.4 Å². The van der Waals surface area contributed by atoms with Crippen LogP contribution in [0.2, 0.25) is 0 Å². The summed E-state index contributed by atoms with van der Waals surface area (Å²) in [6.07, 6.45) is 1.64. The second-order valence-corrected chi connectivity index (χ2v) is 6.42. The number of nitrogens with zero attached hydrogens (tertiary/aromatic N) is 4.